The number of aliphatic hydroxyl groups excluding tert-OH is 5. The van der Waals surface area contributed by atoms with E-state index in [1.807, 2.05) is 0 Å². The molecule has 0 fully saturated rings. The van der Waals surface area contributed by atoms with Crippen LogP contribution in [-0.4, -0.2) is 88.3 Å². The molecular formula is C15H29N2O9P. The molecule has 0 radical (unpaired) electrons. The second-order valence-corrected chi connectivity index (χ2v) is 7.81. The van der Waals surface area contributed by atoms with Crippen molar-refractivity contribution in [2.45, 2.75) is 45.2 Å². The van der Waals surface area contributed by atoms with Gasteiger partial charge in [-0.15, -0.1) is 0 Å². The average Bonchev–Trinajstić information content (AvgIpc) is 3.02. The van der Waals surface area contributed by atoms with Crippen molar-refractivity contribution in [3.63, 3.8) is 0 Å². The Bertz CT molecular complexity index is 616. The number of aliphatic hydroxyl groups is 5. The molecule has 4 atom stereocenters. The van der Waals surface area contributed by atoms with Gasteiger partial charge in [0.1, 0.15) is 24.4 Å². The summed E-state index contributed by atoms with van der Waals surface area (Å²) in [6, 6.07) is 0. The van der Waals surface area contributed by atoms with Crippen molar-refractivity contribution in [2.24, 2.45) is 0 Å². The van der Waals surface area contributed by atoms with Gasteiger partial charge in [0.2, 0.25) is 11.3 Å². The van der Waals surface area contributed by atoms with E-state index in [4.69, 9.17) is 18.6 Å². The number of rotatable bonds is 12. The smallest absolute Gasteiger partial charge is 0.385 e. The van der Waals surface area contributed by atoms with Gasteiger partial charge < -0.3 is 43.9 Å². The summed E-state index contributed by atoms with van der Waals surface area (Å²) in [5.74, 6) is 0.207. The number of hydrogen-bond acceptors (Lipinski definition) is 11. The first-order valence-corrected chi connectivity index (χ1v) is 10.1. The first-order valence-electron chi connectivity index (χ1n) is 8.52. The lowest BCUT2D eigenvalue weighted by Crippen LogP contribution is -2.49. The molecule has 0 saturated carbocycles. The van der Waals surface area contributed by atoms with E-state index < -0.39 is 38.6 Å². The molecule has 0 aliphatic carbocycles. The molecule has 1 aromatic rings. The molecule has 0 bridgehead atoms. The lowest BCUT2D eigenvalue weighted by atomic mass is 10.0. The van der Waals surface area contributed by atoms with E-state index in [-0.39, 0.29) is 37.0 Å². The third-order valence-corrected chi connectivity index (χ3v) is 5.70. The third kappa shape index (κ3) is 5.97. The largest absolute Gasteiger partial charge is 0.424 e. The van der Waals surface area contributed by atoms with E-state index in [2.05, 4.69) is 4.98 Å². The van der Waals surface area contributed by atoms with Crippen molar-refractivity contribution in [3.8, 4) is 0 Å². The van der Waals surface area contributed by atoms with E-state index >= 15 is 0 Å². The van der Waals surface area contributed by atoms with Crippen LogP contribution in [-0.2, 0) is 13.6 Å². The highest BCUT2D eigenvalue weighted by Gasteiger charge is 2.38. The van der Waals surface area contributed by atoms with Crippen LogP contribution in [0, 0.1) is 6.92 Å². The van der Waals surface area contributed by atoms with Crippen LogP contribution in [0.5, 0.6) is 0 Å². The summed E-state index contributed by atoms with van der Waals surface area (Å²) < 4.78 is 29.0. The molecule has 5 N–H and O–H groups in total. The Morgan fingerprint density at radius 2 is 1.63 bits per heavy atom. The monoisotopic (exact) mass is 412 g/mol. The Hall–Kier alpha value is -1.04. The SMILES string of the molecule is CCOP(=O)(OCC)c1nc(C)oc1N(C)C[C@H](O)[C@H](O)[C@H](O)[C@@H](O)CO. The lowest BCUT2D eigenvalue weighted by Gasteiger charge is -2.29. The van der Waals surface area contributed by atoms with Gasteiger partial charge in [-0.05, 0) is 13.8 Å². The number of aromatic nitrogens is 1. The Morgan fingerprint density at radius 1 is 1.11 bits per heavy atom. The van der Waals surface area contributed by atoms with Crippen molar-refractivity contribution in [2.75, 3.05) is 38.3 Å². The van der Waals surface area contributed by atoms with E-state index in [0.717, 1.165) is 0 Å². The van der Waals surface area contributed by atoms with Gasteiger partial charge in [0.25, 0.3) is 0 Å². The summed E-state index contributed by atoms with van der Waals surface area (Å²) >= 11 is 0. The minimum atomic E-state index is -3.76. The lowest BCUT2D eigenvalue weighted by molar-refractivity contribution is -0.112. The summed E-state index contributed by atoms with van der Waals surface area (Å²) in [5, 5.41) is 48.0. The summed E-state index contributed by atoms with van der Waals surface area (Å²) in [4.78, 5) is 5.41. The van der Waals surface area contributed by atoms with Crippen LogP contribution in [0.4, 0.5) is 5.88 Å². The summed E-state index contributed by atoms with van der Waals surface area (Å²) in [5.41, 5.74) is -0.0659. The van der Waals surface area contributed by atoms with Crippen LogP contribution < -0.4 is 10.3 Å². The fourth-order valence-corrected chi connectivity index (χ4v) is 4.08. The van der Waals surface area contributed by atoms with Gasteiger partial charge >= 0.3 is 7.60 Å². The molecule has 0 aromatic carbocycles. The number of aryl methyl sites for hydroxylation is 1. The topological polar surface area (TPSA) is 166 Å². The second-order valence-electron chi connectivity index (χ2n) is 5.87. The summed E-state index contributed by atoms with van der Waals surface area (Å²) in [6.07, 6.45) is -6.64. The molecule has 0 amide bonds. The Kier molecular flexibility index (Phi) is 9.32. The minimum Gasteiger partial charge on any atom is -0.424 e. The maximum atomic E-state index is 13.0. The van der Waals surface area contributed by atoms with Gasteiger partial charge in [-0.3, -0.25) is 4.57 Å². The zero-order chi connectivity index (χ0) is 20.8. The molecule has 158 valence electrons. The molecule has 12 heteroatoms. The second kappa shape index (κ2) is 10.5. The number of oxazole rings is 1. The van der Waals surface area contributed by atoms with Crippen molar-refractivity contribution in [1.82, 2.24) is 4.98 Å². The number of anilines is 1. The van der Waals surface area contributed by atoms with Gasteiger partial charge in [0, 0.05) is 20.5 Å². The molecule has 0 spiro atoms. The van der Waals surface area contributed by atoms with Gasteiger partial charge in [-0.2, -0.15) is 0 Å². The number of nitrogens with zero attached hydrogens (tertiary/aromatic N) is 2. The fourth-order valence-electron chi connectivity index (χ4n) is 2.37. The summed E-state index contributed by atoms with van der Waals surface area (Å²) in [6.45, 7) is 4.01. The highest BCUT2D eigenvalue weighted by Crippen LogP contribution is 2.49. The molecule has 0 saturated heterocycles. The normalized spacial score (nSPS) is 16.8. The molecule has 0 aliphatic rings. The molecular weight excluding hydrogens is 383 g/mol. The average molecular weight is 412 g/mol. The molecule has 1 rings (SSSR count). The van der Waals surface area contributed by atoms with Gasteiger partial charge in [-0.25, -0.2) is 4.98 Å². The predicted octanol–water partition coefficient (Wildman–Crippen LogP) is -1.25. The van der Waals surface area contributed by atoms with Gasteiger partial charge in [0.15, 0.2) is 5.89 Å². The van der Waals surface area contributed by atoms with Crippen LogP contribution in [0.1, 0.15) is 19.7 Å². The van der Waals surface area contributed by atoms with Crippen molar-refractivity contribution < 1.29 is 43.6 Å². The highest BCUT2D eigenvalue weighted by molar-refractivity contribution is 7.62. The first-order chi connectivity index (χ1) is 12.6. The quantitative estimate of drug-likeness (QED) is 0.260. The standard InChI is InChI=1S/C15H29N2O9P/c1-5-24-27(23,25-6-2)14-15(26-9(3)16-14)17(4)7-10(19)12(21)13(22)11(20)8-18/h10-13,18-22H,5-8H2,1-4H3/t10-,11-,12-,13+/m0/s1. The summed E-state index contributed by atoms with van der Waals surface area (Å²) in [7, 11) is -2.28. The van der Waals surface area contributed by atoms with E-state index in [0.29, 0.717) is 0 Å². The third-order valence-electron chi connectivity index (χ3n) is 3.69. The number of hydrogen-bond donors (Lipinski definition) is 5. The van der Waals surface area contributed by atoms with E-state index in [1.54, 1.807) is 13.8 Å². The molecule has 27 heavy (non-hydrogen) atoms. The minimum absolute atomic E-state index is 0.0150. The van der Waals surface area contributed by atoms with Crippen molar-refractivity contribution in [1.29, 1.82) is 0 Å². The van der Waals surface area contributed by atoms with Crippen molar-refractivity contribution >= 4 is 18.9 Å². The van der Waals surface area contributed by atoms with Gasteiger partial charge in [0.05, 0.1) is 19.8 Å². The maximum Gasteiger partial charge on any atom is 0.385 e. The van der Waals surface area contributed by atoms with Crippen molar-refractivity contribution in [3.05, 3.63) is 5.89 Å². The Morgan fingerprint density at radius 3 is 2.11 bits per heavy atom. The Balaban J connectivity index is 3.04. The zero-order valence-corrected chi connectivity index (χ0v) is 16.7. The molecule has 0 unspecified atom stereocenters. The molecule has 0 aliphatic heterocycles. The maximum absolute atomic E-state index is 13.0. The number of likely N-dealkylation sites (N-methyl/N-ethyl adjacent to an activating group) is 1. The molecule has 11 nitrogen and oxygen atoms in total. The first kappa shape index (κ1) is 24.0. The van der Waals surface area contributed by atoms with E-state index in [1.165, 1.54) is 18.9 Å². The van der Waals surface area contributed by atoms with Gasteiger partial charge in [-0.1, -0.05) is 0 Å². The van der Waals surface area contributed by atoms with E-state index in [9.17, 15) is 25.0 Å². The van der Waals surface area contributed by atoms with Crippen LogP contribution in [0.15, 0.2) is 4.42 Å². The fraction of sp³-hybridized carbons (Fsp3) is 0.800. The molecule has 1 aromatic heterocycles. The predicted molar refractivity (Wildman–Crippen MR) is 96.1 cm³/mol. The van der Waals surface area contributed by atoms with Crippen LogP contribution >= 0.6 is 7.60 Å². The highest BCUT2D eigenvalue weighted by atomic mass is 31.2. The molecule has 1 heterocycles. The van der Waals surface area contributed by atoms with Crippen LogP contribution in [0.2, 0.25) is 0 Å². The van der Waals surface area contributed by atoms with Crippen LogP contribution in [0.25, 0.3) is 0 Å². The zero-order valence-electron chi connectivity index (χ0n) is 15.8. The Labute approximate surface area is 157 Å². The van der Waals surface area contributed by atoms with Crippen LogP contribution in [0.3, 0.4) is 0 Å².